The lowest BCUT2D eigenvalue weighted by Crippen LogP contribution is -2.13. The SMILES string of the molecule is CN(c1ccc2c(O)c(N=Nc3ccccc3S(=O)(=O)O)c(S(=O)(=O)O)cc2c1)c1nc(Cl)nc(Cl)n1. The van der Waals surface area contributed by atoms with Gasteiger partial charge in [0.05, 0.1) is 0 Å². The van der Waals surface area contributed by atoms with Crippen molar-refractivity contribution in [2.45, 2.75) is 9.79 Å². The highest BCUT2D eigenvalue weighted by molar-refractivity contribution is 7.86. The van der Waals surface area contributed by atoms with Crippen LogP contribution in [0.25, 0.3) is 10.8 Å². The molecule has 0 aliphatic rings. The first-order chi connectivity index (χ1) is 17.3. The fourth-order valence-corrected chi connectivity index (χ4v) is 4.92. The van der Waals surface area contributed by atoms with Crippen molar-refractivity contribution in [2.24, 2.45) is 10.2 Å². The third-order valence-electron chi connectivity index (χ3n) is 4.97. The summed E-state index contributed by atoms with van der Waals surface area (Å²) in [4.78, 5) is 11.7. The molecule has 17 heteroatoms. The Morgan fingerprint density at radius 3 is 2.08 bits per heavy atom. The molecular formula is C20H14Cl2N6O7S2. The van der Waals surface area contributed by atoms with Gasteiger partial charge in [0.1, 0.15) is 21.2 Å². The average molecular weight is 585 g/mol. The Balaban J connectivity index is 1.87. The zero-order valence-electron chi connectivity index (χ0n) is 18.3. The lowest BCUT2D eigenvalue weighted by Gasteiger charge is -2.18. The maximum atomic E-state index is 12.1. The van der Waals surface area contributed by atoms with Crippen molar-refractivity contribution in [3.8, 4) is 5.75 Å². The smallest absolute Gasteiger partial charge is 0.296 e. The molecule has 1 heterocycles. The van der Waals surface area contributed by atoms with Crippen molar-refractivity contribution in [2.75, 3.05) is 11.9 Å². The summed E-state index contributed by atoms with van der Waals surface area (Å²) in [5.74, 6) is -0.592. The van der Waals surface area contributed by atoms with E-state index in [4.69, 9.17) is 23.2 Å². The van der Waals surface area contributed by atoms with Crippen LogP contribution in [0.2, 0.25) is 10.6 Å². The van der Waals surface area contributed by atoms with Crippen LogP contribution >= 0.6 is 23.2 Å². The van der Waals surface area contributed by atoms with Crippen LogP contribution in [0.4, 0.5) is 23.0 Å². The molecule has 3 aromatic carbocycles. The van der Waals surface area contributed by atoms with E-state index >= 15 is 0 Å². The number of nitrogens with zero attached hydrogens (tertiary/aromatic N) is 6. The van der Waals surface area contributed by atoms with Crippen LogP contribution in [-0.2, 0) is 20.2 Å². The number of phenolic OH excluding ortho intramolecular Hbond substituents is 1. The standard InChI is InChI=1S/C20H14Cl2N6O7S2/c1-28(20-24-18(21)23-19(22)25-20)11-6-7-12-10(8-11)9-15(37(33,34)35)16(17(12)29)27-26-13-4-2-3-5-14(13)36(30,31)32/h2-9,29H,1H3,(H,30,31,32)(H,33,34,35). The minimum Gasteiger partial charge on any atom is -0.505 e. The van der Waals surface area contributed by atoms with Crippen molar-refractivity contribution in [3.05, 3.63) is 59.1 Å². The van der Waals surface area contributed by atoms with Gasteiger partial charge in [0.15, 0.2) is 5.75 Å². The van der Waals surface area contributed by atoms with Crippen molar-refractivity contribution < 1.29 is 31.0 Å². The van der Waals surface area contributed by atoms with Gasteiger partial charge in [-0.05, 0) is 65.0 Å². The molecule has 0 saturated carbocycles. The first kappa shape index (κ1) is 26.6. The second-order valence-corrected chi connectivity index (χ2v) is 10.8. The number of phenols is 1. The Labute approximate surface area is 219 Å². The molecule has 0 fully saturated rings. The molecule has 0 aliphatic carbocycles. The van der Waals surface area contributed by atoms with Crippen molar-refractivity contribution in [1.82, 2.24) is 15.0 Å². The summed E-state index contributed by atoms with van der Waals surface area (Å²) < 4.78 is 66.7. The van der Waals surface area contributed by atoms with Gasteiger partial charge in [-0.2, -0.15) is 31.8 Å². The van der Waals surface area contributed by atoms with Gasteiger partial charge >= 0.3 is 0 Å². The third-order valence-corrected chi connectivity index (χ3v) is 7.08. The largest absolute Gasteiger partial charge is 0.505 e. The Kier molecular flexibility index (Phi) is 7.02. The van der Waals surface area contributed by atoms with E-state index in [9.17, 15) is 31.0 Å². The number of aromatic nitrogens is 3. The Morgan fingerprint density at radius 2 is 1.46 bits per heavy atom. The van der Waals surface area contributed by atoms with Gasteiger partial charge in [0.2, 0.25) is 16.5 Å². The number of rotatable bonds is 6. The predicted octanol–water partition coefficient (Wildman–Crippen LogP) is 4.71. The molecule has 37 heavy (non-hydrogen) atoms. The van der Waals surface area contributed by atoms with Crippen molar-refractivity contribution in [3.63, 3.8) is 0 Å². The van der Waals surface area contributed by atoms with Crippen LogP contribution in [0.5, 0.6) is 5.75 Å². The van der Waals surface area contributed by atoms with Crippen LogP contribution in [0, 0.1) is 0 Å². The van der Waals surface area contributed by atoms with Gasteiger partial charge in [0, 0.05) is 18.1 Å². The topological polar surface area (TPSA) is 196 Å². The van der Waals surface area contributed by atoms with Gasteiger partial charge in [-0.3, -0.25) is 9.11 Å². The van der Waals surface area contributed by atoms with Gasteiger partial charge in [0.25, 0.3) is 20.2 Å². The summed E-state index contributed by atoms with van der Waals surface area (Å²) in [6, 6.07) is 10.4. The number of aromatic hydroxyl groups is 1. The second-order valence-electron chi connectivity index (χ2n) is 7.33. The van der Waals surface area contributed by atoms with Gasteiger partial charge < -0.3 is 10.0 Å². The monoisotopic (exact) mass is 584 g/mol. The van der Waals surface area contributed by atoms with Crippen LogP contribution < -0.4 is 4.90 Å². The molecule has 3 N–H and O–H groups in total. The first-order valence-electron chi connectivity index (χ1n) is 9.82. The Morgan fingerprint density at radius 1 is 0.838 bits per heavy atom. The molecule has 13 nitrogen and oxygen atoms in total. The van der Waals surface area contributed by atoms with E-state index in [0.29, 0.717) is 5.69 Å². The molecule has 4 rings (SSSR count). The van der Waals surface area contributed by atoms with Crippen LogP contribution in [0.3, 0.4) is 0 Å². The first-order valence-corrected chi connectivity index (χ1v) is 13.5. The normalized spacial score (nSPS) is 12.4. The minimum atomic E-state index is -4.95. The lowest BCUT2D eigenvalue weighted by atomic mass is 10.1. The van der Waals surface area contributed by atoms with Crippen molar-refractivity contribution in [1.29, 1.82) is 0 Å². The van der Waals surface area contributed by atoms with Crippen LogP contribution in [0.1, 0.15) is 0 Å². The van der Waals surface area contributed by atoms with E-state index in [0.717, 1.165) is 12.1 Å². The van der Waals surface area contributed by atoms with E-state index in [1.54, 1.807) is 7.05 Å². The Hall–Kier alpha value is -3.47. The highest BCUT2D eigenvalue weighted by Crippen LogP contribution is 2.43. The fraction of sp³-hybridized carbons (Fsp3) is 0.0500. The molecule has 0 spiro atoms. The fourth-order valence-electron chi connectivity index (χ4n) is 3.28. The second kappa shape index (κ2) is 9.77. The molecule has 1 aromatic heterocycles. The maximum Gasteiger partial charge on any atom is 0.296 e. The number of halogens is 2. The van der Waals surface area contributed by atoms with E-state index in [-0.39, 0.29) is 33.0 Å². The van der Waals surface area contributed by atoms with E-state index in [2.05, 4.69) is 25.2 Å². The zero-order valence-corrected chi connectivity index (χ0v) is 21.5. The van der Waals surface area contributed by atoms with Crippen LogP contribution in [-0.4, -0.2) is 53.0 Å². The number of fused-ring (bicyclic) bond motifs is 1. The van der Waals surface area contributed by atoms with Crippen molar-refractivity contribution >= 4 is 77.2 Å². The molecule has 0 unspecified atom stereocenters. The van der Waals surface area contributed by atoms with E-state index < -0.39 is 41.5 Å². The summed E-state index contributed by atoms with van der Waals surface area (Å²) >= 11 is 11.7. The highest BCUT2D eigenvalue weighted by Gasteiger charge is 2.23. The summed E-state index contributed by atoms with van der Waals surface area (Å²) in [5, 5.41) is 18.2. The Bertz CT molecular complexity index is 1780. The molecule has 4 aromatic rings. The molecule has 0 aliphatic heterocycles. The van der Waals surface area contributed by atoms with Gasteiger partial charge in [-0.1, -0.05) is 12.1 Å². The molecule has 0 atom stereocenters. The summed E-state index contributed by atoms with van der Waals surface area (Å²) in [6.45, 7) is 0. The molecule has 0 saturated heterocycles. The maximum absolute atomic E-state index is 12.1. The minimum absolute atomic E-state index is 0.0755. The van der Waals surface area contributed by atoms with E-state index in [1.165, 1.54) is 41.3 Å². The van der Waals surface area contributed by atoms with Gasteiger partial charge in [-0.25, -0.2) is 0 Å². The predicted molar refractivity (Wildman–Crippen MR) is 134 cm³/mol. The van der Waals surface area contributed by atoms with Gasteiger partial charge in [-0.15, -0.1) is 10.2 Å². The average Bonchev–Trinajstić information content (AvgIpc) is 2.81. The molecule has 0 radical (unpaired) electrons. The van der Waals surface area contributed by atoms with E-state index in [1.807, 2.05) is 0 Å². The zero-order chi connectivity index (χ0) is 27.1. The third kappa shape index (κ3) is 5.61. The number of hydrogen-bond donors (Lipinski definition) is 3. The quantitative estimate of drug-likeness (QED) is 0.209. The number of anilines is 2. The molecule has 0 amide bonds. The highest BCUT2D eigenvalue weighted by atomic mass is 35.5. The molecule has 192 valence electrons. The summed E-state index contributed by atoms with van der Waals surface area (Å²) in [6.07, 6.45) is 0. The van der Waals surface area contributed by atoms with Crippen LogP contribution in [0.15, 0.2) is 68.6 Å². The number of azo groups is 1. The summed E-state index contributed by atoms with van der Waals surface area (Å²) in [7, 11) is -8.06. The molecular weight excluding hydrogens is 571 g/mol. The lowest BCUT2D eigenvalue weighted by molar-refractivity contribution is 0.472. The number of benzene rings is 3. The summed E-state index contributed by atoms with van der Waals surface area (Å²) in [5.41, 5.74) is -0.572. The molecule has 0 bridgehead atoms. The number of hydrogen-bond acceptors (Lipinski definition) is 11.